The van der Waals surface area contributed by atoms with Gasteiger partial charge in [0.25, 0.3) is 0 Å². The van der Waals surface area contributed by atoms with Gasteiger partial charge in [-0.15, -0.1) is 0 Å². The molecule has 3 N–H and O–H groups in total. The fourth-order valence-electron chi connectivity index (χ4n) is 1.04. The van der Waals surface area contributed by atoms with E-state index in [1.54, 1.807) is 0 Å². The van der Waals surface area contributed by atoms with Gasteiger partial charge in [-0.05, 0) is 20.0 Å². The Labute approximate surface area is 80.5 Å². The van der Waals surface area contributed by atoms with Crippen LogP contribution in [0.1, 0.15) is 13.8 Å². The second-order valence-corrected chi connectivity index (χ2v) is 3.89. The molecule has 0 fully saturated rings. The summed E-state index contributed by atoms with van der Waals surface area (Å²) in [6.07, 6.45) is 0. The monoisotopic (exact) mass is 187 g/mol. The van der Waals surface area contributed by atoms with Crippen LogP contribution >= 0.6 is 0 Å². The maximum Gasteiger partial charge on any atom is 0.234 e. The molecule has 0 heterocycles. The van der Waals surface area contributed by atoms with Crippen LogP contribution in [0.3, 0.4) is 0 Å². The molecule has 4 heteroatoms. The van der Waals surface area contributed by atoms with E-state index in [0.717, 1.165) is 0 Å². The van der Waals surface area contributed by atoms with Crippen LogP contribution in [0.25, 0.3) is 0 Å². The Morgan fingerprint density at radius 3 is 2.31 bits per heavy atom. The van der Waals surface area contributed by atoms with E-state index >= 15 is 0 Å². The normalized spacial score (nSPS) is 13.5. The minimum Gasteiger partial charge on any atom is -0.351 e. The Bertz CT molecular complexity index is 157. The maximum atomic E-state index is 11.3. The lowest BCUT2D eigenvalue weighted by Gasteiger charge is -2.21. The van der Waals surface area contributed by atoms with E-state index in [1.807, 2.05) is 32.8 Å². The second-order valence-electron chi connectivity index (χ2n) is 3.89. The smallest absolute Gasteiger partial charge is 0.234 e. The molecule has 0 radical (unpaired) electrons. The van der Waals surface area contributed by atoms with Crippen LogP contribution in [-0.2, 0) is 4.79 Å². The van der Waals surface area contributed by atoms with Gasteiger partial charge in [-0.25, -0.2) is 0 Å². The number of rotatable bonds is 5. The van der Waals surface area contributed by atoms with Gasteiger partial charge >= 0.3 is 0 Å². The molecule has 0 aromatic rings. The first kappa shape index (κ1) is 12.4. The van der Waals surface area contributed by atoms with Crippen molar-refractivity contribution < 1.29 is 4.79 Å². The lowest BCUT2D eigenvalue weighted by atomic mass is 10.1. The van der Waals surface area contributed by atoms with Crippen LogP contribution in [0.15, 0.2) is 0 Å². The van der Waals surface area contributed by atoms with Crippen molar-refractivity contribution in [1.29, 1.82) is 0 Å². The highest BCUT2D eigenvalue weighted by atomic mass is 16.2. The molecule has 0 aliphatic carbocycles. The van der Waals surface area contributed by atoms with Crippen molar-refractivity contribution in [3.05, 3.63) is 0 Å². The summed E-state index contributed by atoms with van der Waals surface area (Å²) in [7, 11) is 3.73. The number of nitrogens with zero attached hydrogens (tertiary/aromatic N) is 1. The van der Waals surface area contributed by atoms with Gasteiger partial charge in [0.2, 0.25) is 5.91 Å². The molecule has 0 saturated carbocycles. The average molecular weight is 187 g/mol. The Morgan fingerprint density at radius 2 is 2.00 bits per heavy atom. The van der Waals surface area contributed by atoms with Crippen LogP contribution in [0, 0.1) is 5.92 Å². The third-order valence-electron chi connectivity index (χ3n) is 1.86. The lowest BCUT2D eigenvalue weighted by molar-refractivity contribution is -0.122. The number of likely N-dealkylation sites (N-methyl/N-ethyl adjacent to an activating group) is 1. The molecule has 1 atom stereocenters. The predicted molar refractivity (Wildman–Crippen MR) is 54.4 cm³/mol. The predicted octanol–water partition coefficient (Wildman–Crippen LogP) is -0.352. The van der Waals surface area contributed by atoms with Gasteiger partial charge in [0.15, 0.2) is 0 Å². The standard InChI is InChI=1S/C9H21N3O/c1-7(2)8(5-10)11-9(13)6-12(3)4/h7-8H,5-6,10H2,1-4H3,(H,11,13). The molecule has 78 valence electrons. The highest BCUT2D eigenvalue weighted by molar-refractivity contribution is 5.78. The first-order valence-electron chi connectivity index (χ1n) is 4.61. The van der Waals surface area contributed by atoms with E-state index in [-0.39, 0.29) is 11.9 Å². The Hall–Kier alpha value is -0.610. The summed E-state index contributed by atoms with van der Waals surface area (Å²) in [5.41, 5.74) is 5.52. The highest BCUT2D eigenvalue weighted by Crippen LogP contribution is 1.98. The van der Waals surface area contributed by atoms with Gasteiger partial charge in [-0.1, -0.05) is 13.8 Å². The van der Waals surface area contributed by atoms with Crippen LogP contribution in [0.4, 0.5) is 0 Å². The largest absolute Gasteiger partial charge is 0.351 e. The van der Waals surface area contributed by atoms with Crippen molar-refractivity contribution in [3.63, 3.8) is 0 Å². The molecule has 0 aromatic heterocycles. The summed E-state index contributed by atoms with van der Waals surface area (Å²) < 4.78 is 0. The zero-order valence-electron chi connectivity index (χ0n) is 9.00. The Morgan fingerprint density at radius 1 is 1.46 bits per heavy atom. The molecule has 0 spiro atoms. The zero-order chi connectivity index (χ0) is 10.4. The lowest BCUT2D eigenvalue weighted by Crippen LogP contribution is -2.46. The van der Waals surface area contributed by atoms with Crippen LogP contribution in [-0.4, -0.2) is 44.0 Å². The van der Waals surface area contributed by atoms with E-state index in [2.05, 4.69) is 5.32 Å². The Balaban J connectivity index is 3.87. The van der Waals surface area contributed by atoms with Crippen molar-refractivity contribution in [2.24, 2.45) is 11.7 Å². The summed E-state index contributed by atoms with van der Waals surface area (Å²) in [5.74, 6) is 0.422. The minimum absolute atomic E-state index is 0.0363. The van der Waals surface area contributed by atoms with Crippen LogP contribution < -0.4 is 11.1 Å². The maximum absolute atomic E-state index is 11.3. The van der Waals surface area contributed by atoms with Crippen molar-refractivity contribution in [1.82, 2.24) is 10.2 Å². The third kappa shape index (κ3) is 5.60. The van der Waals surface area contributed by atoms with Crippen LogP contribution in [0.5, 0.6) is 0 Å². The number of nitrogens with one attached hydrogen (secondary N) is 1. The quantitative estimate of drug-likeness (QED) is 0.618. The highest BCUT2D eigenvalue weighted by Gasteiger charge is 2.14. The van der Waals surface area contributed by atoms with Gasteiger partial charge in [0.05, 0.1) is 6.54 Å². The number of carbonyl (C=O) groups excluding carboxylic acids is 1. The molecule has 1 amide bonds. The first-order valence-corrected chi connectivity index (χ1v) is 4.61. The van der Waals surface area contributed by atoms with E-state index in [1.165, 1.54) is 0 Å². The SMILES string of the molecule is CC(C)C(CN)NC(=O)CN(C)C. The van der Waals surface area contributed by atoms with Gasteiger partial charge in [0.1, 0.15) is 0 Å². The van der Waals surface area contributed by atoms with Gasteiger partial charge in [-0.2, -0.15) is 0 Å². The summed E-state index contributed by atoms with van der Waals surface area (Å²) in [4.78, 5) is 13.2. The fraction of sp³-hybridized carbons (Fsp3) is 0.889. The molecule has 0 aliphatic heterocycles. The molecule has 0 aromatic carbocycles. The van der Waals surface area contributed by atoms with E-state index in [0.29, 0.717) is 19.0 Å². The van der Waals surface area contributed by atoms with E-state index in [4.69, 9.17) is 5.73 Å². The number of hydrogen-bond donors (Lipinski definition) is 2. The molecule has 4 nitrogen and oxygen atoms in total. The molecule has 0 bridgehead atoms. The third-order valence-corrected chi connectivity index (χ3v) is 1.86. The summed E-state index contributed by atoms with van der Waals surface area (Å²) in [5, 5.41) is 2.89. The summed E-state index contributed by atoms with van der Waals surface area (Å²) in [6, 6.07) is 0.0902. The van der Waals surface area contributed by atoms with E-state index < -0.39 is 0 Å². The number of hydrogen-bond acceptors (Lipinski definition) is 3. The topological polar surface area (TPSA) is 58.4 Å². The molecular formula is C9H21N3O. The van der Waals surface area contributed by atoms with E-state index in [9.17, 15) is 4.79 Å². The van der Waals surface area contributed by atoms with Crippen molar-refractivity contribution in [2.45, 2.75) is 19.9 Å². The summed E-state index contributed by atoms with van der Waals surface area (Å²) in [6.45, 7) is 5.01. The molecule has 0 aliphatic rings. The molecule has 1 unspecified atom stereocenters. The summed E-state index contributed by atoms with van der Waals surface area (Å²) >= 11 is 0. The van der Waals surface area contributed by atoms with Crippen molar-refractivity contribution in [3.8, 4) is 0 Å². The second kappa shape index (κ2) is 5.94. The van der Waals surface area contributed by atoms with Gasteiger partial charge in [0, 0.05) is 12.6 Å². The molecule has 0 saturated heterocycles. The molecular weight excluding hydrogens is 166 g/mol. The molecule has 0 rings (SSSR count). The van der Waals surface area contributed by atoms with Gasteiger partial charge < -0.3 is 16.0 Å². The number of amides is 1. The number of carbonyl (C=O) groups is 1. The van der Waals surface area contributed by atoms with Crippen molar-refractivity contribution in [2.75, 3.05) is 27.2 Å². The average Bonchev–Trinajstić information content (AvgIpc) is 1.98. The zero-order valence-corrected chi connectivity index (χ0v) is 9.00. The number of nitrogens with two attached hydrogens (primary N) is 1. The minimum atomic E-state index is 0.0363. The Kier molecular flexibility index (Phi) is 5.66. The van der Waals surface area contributed by atoms with Gasteiger partial charge in [-0.3, -0.25) is 4.79 Å². The van der Waals surface area contributed by atoms with Crippen molar-refractivity contribution >= 4 is 5.91 Å². The van der Waals surface area contributed by atoms with Crippen LogP contribution in [0.2, 0.25) is 0 Å². The first-order chi connectivity index (χ1) is 5.97. The fourth-order valence-corrected chi connectivity index (χ4v) is 1.04. The molecule has 13 heavy (non-hydrogen) atoms.